The molecule has 0 saturated heterocycles. The van der Waals surface area contributed by atoms with Crippen LogP contribution in [0.15, 0.2) is 42.7 Å². The van der Waals surface area contributed by atoms with Gasteiger partial charge >= 0.3 is 0 Å². The van der Waals surface area contributed by atoms with Crippen LogP contribution in [0.2, 0.25) is 0 Å². The Balaban J connectivity index is 1.73. The van der Waals surface area contributed by atoms with Gasteiger partial charge in [-0.1, -0.05) is 12.1 Å². The highest BCUT2D eigenvalue weighted by Gasteiger charge is 2.12. The minimum Gasteiger partial charge on any atom is -0.494 e. The van der Waals surface area contributed by atoms with Crippen molar-refractivity contribution < 1.29 is 9.53 Å². The molecule has 1 aromatic carbocycles. The molecule has 2 heterocycles. The van der Waals surface area contributed by atoms with E-state index >= 15 is 0 Å². The highest BCUT2D eigenvalue weighted by atomic mass is 16.5. The molecule has 0 spiro atoms. The molecule has 6 nitrogen and oxygen atoms in total. The molecule has 21 heavy (non-hydrogen) atoms. The normalized spacial score (nSPS) is 10.5. The van der Waals surface area contributed by atoms with Crippen molar-refractivity contribution in [3.8, 4) is 5.75 Å². The maximum atomic E-state index is 12.2. The summed E-state index contributed by atoms with van der Waals surface area (Å²) >= 11 is 0. The van der Waals surface area contributed by atoms with Gasteiger partial charge in [-0.25, -0.2) is 4.98 Å². The summed E-state index contributed by atoms with van der Waals surface area (Å²) in [4.78, 5) is 23.6. The molecule has 0 aliphatic carbocycles. The second-order valence-corrected chi connectivity index (χ2v) is 4.46. The number of H-pyrrole nitrogens is 1. The molecular weight excluding hydrogens is 268 g/mol. The minimum atomic E-state index is -0.227. The SMILES string of the molecule is COc1cnccc1C(=O)NCc1nc2ccccc2[nH]1. The number of aromatic amines is 1. The number of methoxy groups -OCH3 is 1. The Hall–Kier alpha value is -2.89. The van der Waals surface area contributed by atoms with Gasteiger partial charge in [0.25, 0.3) is 5.91 Å². The van der Waals surface area contributed by atoms with Crippen LogP contribution < -0.4 is 10.1 Å². The van der Waals surface area contributed by atoms with Crippen molar-refractivity contribution in [3.05, 3.63) is 54.1 Å². The quantitative estimate of drug-likeness (QED) is 0.766. The number of nitrogens with one attached hydrogen (secondary N) is 2. The molecule has 6 heteroatoms. The van der Waals surface area contributed by atoms with Crippen LogP contribution in [0.1, 0.15) is 16.2 Å². The van der Waals surface area contributed by atoms with Crippen molar-refractivity contribution >= 4 is 16.9 Å². The lowest BCUT2D eigenvalue weighted by Gasteiger charge is -2.07. The zero-order valence-corrected chi connectivity index (χ0v) is 11.5. The first kappa shape index (κ1) is 13.1. The van der Waals surface area contributed by atoms with Crippen molar-refractivity contribution in [2.45, 2.75) is 6.54 Å². The number of benzene rings is 1. The predicted octanol–water partition coefficient (Wildman–Crippen LogP) is 1.90. The van der Waals surface area contributed by atoms with Gasteiger partial charge in [-0.05, 0) is 18.2 Å². The number of carbonyl (C=O) groups is 1. The number of hydrogen-bond acceptors (Lipinski definition) is 4. The van der Waals surface area contributed by atoms with Crippen molar-refractivity contribution in [1.82, 2.24) is 20.3 Å². The van der Waals surface area contributed by atoms with E-state index in [4.69, 9.17) is 4.74 Å². The monoisotopic (exact) mass is 282 g/mol. The summed E-state index contributed by atoms with van der Waals surface area (Å²) in [5, 5.41) is 2.81. The Kier molecular flexibility index (Phi) is 3.51. The van der Waals surface area contributed by atoms with E-state index in [-0.39, 0.29) is 5.91 Å². The van der Waals surface area contributed by atoms with Crippen LogP contribution in [-0.4, -0.2) is 28.0 Å². The van der Waals surface area contributed by atoms with Crippen molar-refractivity contribution in [1.29, 1.82) is 0 Å². The van der Waals surface area contributed by atoms with E-state index < -0.39 is 0 Å². The van der Waals surface area contributed by atoms with Gasteiger partial charge in [0.1, 0.15) is 11.6 Å². The van der Waals surface area contributed by atoms with E-state index in [2.05, 4.69) is 20.3 Å². The number of amides is 1. The molecule has 3 rings (SSSR count). The molecule has 0 unspecified atom stereocenters. The summed E-state index contributed by atoms with van der Waals surface area (Å²) in [6.45, 7) is 0.318. The van der Waals surface area contributed by atoms with Gasteiger partial charge in [-0.2, -0.15) is 0 Å². The first-order valence-corrected chi connectivity index (χ1v) is 6.48. The van der Waals surface area contributed by atoms with Crippen LogP contribution in [-0.2, 0) is 6.54 Å². The molecule has 106 valence electrons. The van der Waals surface area contributed by atoms with Gasteiger partial charge < -0.3 is 15.0 Å². The molecule has 0 fully saturated rings. The van der Waals surface area contributed by atoms with Crippen molar-refractivity contribution in [3.63, 3.8) is 0 Å². The number of fused-ring (bicyclic) bond motifs is 1. The highest BCUT2D eigenvalue weighted by Crippen LogP contribution is 2.15. The van der Waals surface area contributed by atoms with Gasteiger partial charge in [0.2, 0.25) is 0 Å². The molecule has 2 aromatic heterocycles. The van der Waals surface area contributed by atoms with Crippen molar-refractivity contribution in [2.24, 2.45) is 0 Å². The number of nitrogens with zero attached hydrogens (tertiary/aromatic N) is 2. The summed E-state index contributed by atoms with van der Waals surface area (Å²) < 4.78 is 5.12. The predicted molar refractivity (Wildman–Crippen MR) is 78.1 cm³/mol. The summed E-state index contributed by atoms with van der Waals surface area (Å²) in [6, 6.07) is 9.34. The smallest absolute Gasteiger partial charge is 0.255 e. The van der Waals surface area contributed by atoms with Gasteiger partial charge in [-0.3, -0.25) is 9.78 Å². The lowest BCUT2D eigenvalue weighted by molar-refractivity contribution is 0.0947. The molecule has 2 N–H and O–H groups in total. The second-order valence-electron chi connectivity index (χ2n) is 4.46. The number of rotatable bonds is 4. The number of ether oxygens (including phenoxy) is 1. The minimum absolute atomic E-state index is 0.227. The zero-order valence-electron chi connectivity index (χ0n) is 11.5. The summed E-state index contributed by atoms with van der Waals surface area (Å²) in [7, 11) is 1.51. The standard InChI is InChI=1S/C15H14N4O2/c1-21-13-8-16-7-6-10(13)15(20)17-9-14-18-11-4-2-3-5-12(11)19-14/h2-8H,9H2,1H3,(H,17,20)(H,18,19). The number of carbonyl (C=O) groups excluding carboxylic acids is 1. The van der Waals surface area contributed by atoms with Crippen LogP contribution >= 0.6 is 0 Å². The summed E-state index contributed by atoms with van der Waals surface area (Å²) in [5.41, 5.74) is 2.27. The molecule has 1 amide bonds. The zero-order chi connectivity index (χ0) is 14.7. The molecular formula is C15H14N4O2. The van der Waals surface area contributed by atoms with Crippen LogP contribution in [0.25, 0.3) is 11.0 Å². The largest absolute Gasteiger partial charge is 0.494 e. The fourth-order valence-corrected chi connectivity index (χ4v) is 2.08. The molecule has 0 aliphatic heterocycles. The van der Waals surface area contributed by atoms with Crippen LogP contribution in [0, 0.1) is 0 Å². The molecule has 3 aromatic rings. The van der Waals surface area contributed by atoms with Gasteiger partial charge in [0.15, 0.2) is 0 Å². The Bertz CT molecular complexity index is 749. The van der Waals surface area contributed by atoms with E-state index in [0.29, 0.717) is 23.7 Å². The van der Waals surface area contributed by atoms with Crippen LogP contribution in [0.3, 0.4) is 0 Å². The Labute approximate surface area is 121 Å². The maximum absolute atomic E-state index is 12.2. The topological polar surface area (TPSA) is 79.9 Å². The fourth-order valence-electron chi connectivity index (χ4n) is 2.08. The molecule has 0 aliphatic rings. The molecule has 0 radical (unpaired) electrons. The molecule has 0 atom stereocenters. The summed E-state index contributed by atoms with van der Waals surface area (Å²) in [6.07, 6.45) is 3.06. The van der Waals surface area contributed by atoms with Crippen molar-refractivity contribution in [2.75, 3.05) is 7.11 Å². The number of para-hydroxylation sites is 2. The van der Waals surface area contributed by atoms with Gasteiger partial charge in [0.05, 0.1) is 36.4 Å². The number of pyridine rings is 1. The highest BCUT2D eigenvalue weighted by molar-refractivity contribution is 5.96. The lowest BCUT2D eigenvalue weighted by Crippen LogP contribution is -2.24. The fraction of sp³-hybridized carbons (Fsp3) is 0.133. The second kappa shape index (κ2) is 5.62. The summed E-state index contributed by atoms with van der Waals surface area (Å²) in [5.74, 6) is 0.923. The molecule has 0 bridgehead atoms. The maximum Gasteiger partial charge on any atom is 0.255 e. The number of imidazole rings is 1. The lowest BCUT2D eigenvalue weighted by atomic mass is 10.2. The van der Waals surface area contributed by atoms with E-state index in [0.717, 1.165) is 11.0 Å². The third-order valence-corrected chi connectivity index (χ3v) is 3.10. The average Bonchev–Trinajstić information content (AvgIpc) is 2.95. The molecule has 0 saturated carbocycles. The third kappa shape index (κ3) is 2.69. The van der Waals surface area contributed by atoms with Crippen LogP contribution in [0.5, 0.6) is 5.75 Å². The third-order valence-electron chi connectivity index (χ3n) is 3.10. The van der Waals surface area contributed by atoms with E-state index in [1.807, 2.05) is 24.3 Å². The van der Waals surface area contributed by atoms with Gasteiger partial charge in [0, 0.05) is 6.20 Å². The van der Waals surface area contributed by atoms with E-state index in [1.165, 1.54) is 13.3 Å². The Morgan fingerprint density at radius 1 is 1.33 bits per heavy atom. The van der Waals surface area contributed by atoms with E-state index in [9.17, 15) is 4.79 Å². The van der Waals surface area contributed by atoms with Crippen LogP contribution in [0.4, 0.5) is 0 Å². The van der Waals surface area contributed by atoms with E-state index in [1.54, 1.807) is 12.3 Å². The Morgan fingerprint density at radius 2 is 2.19 bits per heavy atom. The first-order valence-electron chi connectivity index (χ1n) is 6.48. The average molecular weight is 282 g/mol. The number of aromatic nitrogens is 3. The first-order chi connectivity index (χ1) is 10.3. The van der Waals surface area contributed by atoms with Gasteiger partial charge in [-0.15, -0.1) is 0 Å². The number of hydrogen-bond donors (Lipinski definition) is 2. The Morgan fingerprint density at radius 3 is 3.00 bits per heavy atom.